The van der Waals surface area contributed by atoms with E-state index in [1.165, 1.54) is 12.4 Å². The number of hydrogen-bond acceptors (Lipinski definition) is 7. The quantitative estimate of drug-likeness (QED) is 0.348. The van der Waals surface area contributed by atoms with E-state index in [0.717, 1.165) is 17.2 Å². The van der Waals surface area contributed by atoms with Crippen molar-refractivity contribution in [2.24, 2.45) is 0 Å². The summed E-state index contributed by atoms with van der Waals surface area (Å²) in [6.45, 7) is 1.43. The van der Waals surface area contributed by atoms with Crippen LogP contribution >= 0.6 is 11.8 Å². The lowest BCUT2D eigenvalue weighted by Crippen LogP contribution is -2.49. The van der Waals surface area contributed by atoms with Gasteiger partial charge in [0, 0.05) is 41.5 Å². The van der Waals surface area contributed by atoms with Gasteiger partial charge in [-0.1, -0.05) is 11.8 Å². The number of rotatable bonds is 5. The fraction of sp³-hybridized carbons (Fsp3) is 0.400. The molecule has 1 aromatic heterocycles. The molecule has 30 heavy (non-hydrogen) atoms. The van der Waals surface area contributed by atoms with E-state index in [0.29, 0.717) is 17.0 Å². The van der Waals surface area contributed by atoms with E-state index in [-0.39, 0.29) is 13.0 Å². The number of nitrogens with zero attached hydrogens (tertiary/aromatic N) is 2. The van der Waals surface area contributed by atoms with Crippen LogP contribution in [0.1, 0.15) is 18.9 Å². The van der Waals surface area contributed by atoms with Gasteiger partial charge in [-0.2, -0.15) is 16.9 Å². The molecule has 1 unspecified atom stereocenters. The van der Waals surface area contributed by atoms with E-state index in [4.69, 9.17) is 5.21 Å². The van der Waals surface area contributed by atoms with Crippen LogP contribution < -0.4 is 5.48 Å². The number of sulfone groups is 1. The SMILES string of the molecule is CC(CCn1cc2cc(C#CC#CC3(O)CSC3)ccc2n1)(C(=O)NO)S(C)(=O)=O. The number of thioether (sulfide) groups is 1. The highest BCUT2D eigenvalue weighted by atomic mass is 32.2. The average Bonchev–Trinajstić information content (AvgIpc) is 3.08. The maximum atomic E-state index is 12.1. The van der Waals surface area contributed by atoms with Gasteiger partial charge in [0.25, 0.3) is 5.91 Å². The summed E-state index contributed by atoms with van der Waals surface area (Å²) in [6, 6.07) is 5.41. The Bertz CT molecular complexity index is 1210. The first kappa shape index (κ1) is 22.2. The number of aliphatic hydroxyl groups is 1. The average molecular weight is 448 g/mol. The summed E-state index contributed by atoms with van der Waals surface area (Å²) < 4.78 is 23.9. The van der Waals surface area contributed by atoms with E-state index in [1.54, 1.807) is 34.8 Å². The molecular formula is C20H21N3O5S2. The monoisotopic (exact) mass is 447 g/mol. The molecule has 2 heterocycles. The Morgan fingerprint density at radius 3 is 2.73 bits per heavy atom. The molecule has 1 fully saturated rings. The van der Waals surface area contributed by atoms with Crippen molar-refractivity contribution in [1.29, 1.82) is 0 Å². The number of carbonyl (C=O) groups excluding carboxylic acids is 1. The largest absolute Gasteiger partial charge is 0.376 e. The maximum Gasteiger partial charge on any atom is 0.264 e. The van der Waals surface area contributed by atoms with Gasteiger partial charge < -0.3 is 5.11 Å². The molecule has 1 aliphatic rings. The van der Waals surface area contributed by atoms with Crippen molar-refractivity contribution in [2.75, 3.05) is 17.8 Å². The molecule has 10 heteroatoms. The third-order valence-corrected chi connectivity index (χ3v) is 8.41. The molecule has 8 nitrogen and oxygen atoms in total. The van der Waals surface area contributed by atoms with Gasteiger partial charge in [0.05, 0.1) is 5.52 Å². The highest BCUT2D eigenvalue weighted by Gasteiger charge is 2.43. The number of aryl methyl sites for hydroxylation is 1. The van der Waals surface area contributed by atoms with Crippen LogP contribution in [-0.4, -0.2) is 62.5 Å². The number of aromatic nitrogens is 2. The Kier molecular flexibility index (Phi) is 6.16. The van der Waals surface area contributed by atoms with Crippen LogP contribution in [0.4, 0.5) is 0 Å². The predicted molar refractivity (Wildman–Crippen MR) is 114 cm³/mol. The molecule has 0 aliphatic carbocycles. The van der Waals surface area contributed by atoms with E-state index in [2.05, 4.69) is 28.8 Å². The van der Waals surface area contributed by atoms with Crippen LogP contribution in [0.15, 0.2) is 24.4 Å². The number of hydroxylamine groups is 1. The first-order valence-electron chi connectivity index (χ1n) is 9.01. The highest BCUT2D eigenvalue weighted by Crippen LogP contribution is 2.28. The normalized spacial score (nSPS) is 16.9. The standard InChI is InChI=1S/C20H21N3O5S2/c1-19(18(24)22-26,30(2,27)28)9-10-23-12-16-11-15(6-7-17(16)21-23)5-3-4-8-20(25)13-29-14-20/h6-7,11-12,25-26H,9-10,13-14H2,1-2H3,(H,22,24). The Morgan fingerprint density at radius 2 is 2.13 bits per heavy atom. The van der Waals surface area contributed by atoms with Gasteiger partial charge in [-0.3, -0.25) is 14.7 Å². The highest BCUT2D eigenvalue weighted by molar-refractivity contribution is 8.00. The first-order valence-corrected chi connectivity index (χ1v) is 12.1. The molecule has 0 saturated carbocycles. The molecule has 0 spiro atoms. The third-order valence-electron chi connectivity index (χ3n) is 5.02. The molecular weight excluding hydrogens is 426 g/mol. The summed E-state index contributed by atoms with van der Waals surface area (Å²) in [7, 11) is -3.77. The third kappa shape index (κ3) is 4.63. The lowest BCUT2D eigenvalue weighted by Gasteiger charge is -2.29. The first-order chi connectivity index (χ1) is 14.1. The summed E-state index contributed by atoms with van der Waals surface area (Å²) in [6.07, 6.45) is 2.63. The van der Waals surface area contributed by atoms with Crippen molar-refractivity contribution in [3.8, 4) is 23.7 Å². The Labute approximate surface area is 178 Å². The molecule has 158 valence electrons. The van der Waals surface area contributed by atoms with Crippen LogP contribution in [0, 0.1) is 23.7 Å². The molecule has 1 amide bonds. The van der Waals surface area contributed by atoms with Gasteiger partial charge in [0.2, 0.25) is 0 Å². The van der Waals surface area contributed by atoms with Crippen molar-refractivity contribution >= 4 is 38.4 Å². The van der Waals surface area contributed by atoms with Gasteiger partial charge in [-0.25, -0.2) is 13.9 Å². The summed E-state index contributed by atoms with van der Waals surface area (Å²) in [4.78, 5) is 11.9. The van der Waals surface area contributed by atoms with Crippen molar-refractivity contribution in [3.05, 3.63) is 30.0 Å². The number of carbonyl (C=O) groups is 1. The molecule has 1 aromatic carbocycles. The van der Waals surface area contributed by atoms with Crippen LogP contribution in [0.3, 0.4) is 0 Å². The van der Waals surface area contributed by atoms with Crippen molar-refractivity contribution in [2.45, 2.75) is 30.2 Å². The lowest BCUT2D eigenvalue weighted by atomic mass is 10.1. The van der Waals surface area contributed by atoms with Gasteiger partial charge in [-0.15, -0.1) is 0 Å². The summed E-state index contributed by atoms with van der Waals surface area (Å²) in [5.74, 6) is 11.3. The van der Waals surface area contributed by atoms with Gasteiger partial charge >= 0.3 is 0 Å². The van der Waals surface area contributed by atoms with E-state index in [1.807, 2.05) is 6.07 Å². The smallest absolute Gasteiger partial charge is 0.264 e. The predicted octanol–water partition coefficient (Wildman–Crippen LogP) is 0.568. The summed E-state index contributed by atoms with van der Waals surface area (Å²) >= 11 is 1.63. The molecule has 1 saturated heterocycles. The van der Waals surface area contributed by atoms with Crippen molar-refractivity contribution in [1.82, 2.24) is 15.3 Å². The second-order valence-electron chi connectivity index (χ2n) is 7.38. The van der Waals surface area contributed by atoms with Crippen molar-refractivity contribution in [3.63, 3.8) is 0 Å². The van der Waals surface area contributed by atoms with Crippen molar-refractivity contribution < 1.29 is 23.5 Å². The zero-order chi connectivity index (χ0) is 22.0. The van der Waals surface area contributed by atoms with Crippen LogP contribution in [-0.2, 0) is 21.2 Å². The molecule has 3 rings (SSSR count). The summed E-state index contributed by atoms with van der Waals surface area (Å²) in [5, 5.41) is 24.0. The van der Waals surface area contributed by atoms with Gasteiger partial charge in [0.1, 0.15) is 5.60 Å². The maximum absolute atomic E-state index is 12.1. The number of nitrogens with one attached hydrogen (secondary N) is 1. The number of amides is 1. The molecule has 3 N–H and O–H groups in total. The lowest BCUT2D eigenvalue weighted by molar-refractivity contribution is -0.131. The summed E-state index contributed by atoms with van der Waals surface area (Å²) in [5.41, 5.74) is 1.94. The minimum absolute atomic E-state index is 0.0599. The molecule has 1 aliphatic heterocycles. The molecule has 1 atom stereocenters. The number of benzene rings is 1. The van der Waals surface area contributed by atoms with E-state index in [9.17, 15) is 18.3 Å². The van der Waals surface area contributed by atoms with Crippen LogP contribution in [0.2, 0.25) is 0 Å². The Morgan fingerprint density at radius 1 is 1.40 bits per heavy atom. The minimum atomic E-state index is -3.77. The van der Waals surface area contributed by atoms with Gasteiger partial charge in [0.15, 0.2) is 14.6 Å². The molecule has 2 aromatic rings. The van der Waals surface area contributed by atoms with Gasteiger partial charge in [-0.05, 0) is 43.4 Å². The Hall–Kier alpha value is -2.50. The Balaban J connectivity index is 1.75. The van der Waals surface area contributed by atoms with E-state index >= 15 is 0 Å². The topological polar surface area (TPSA) is 122 Å². The zero-order valence-corrected chi connectivity index (χ0v) is 18.1. The fourth-order valence-electron chi connectivity index (χ4n) is 2.80. The fourth-order valence-corrected chi connectivity index (χ4v) is 4.38. The molecule has 0 radical (unpaired) electrons. The van der Waals surface area contributed by atoms with E-state index < -0.39 is 26.1 Å². The zero-order valence-electron chi connectivity index (χ0n) is 16.5. The second-order valence-corrected chi connectivity index (χ2v) is 10.8. The minimum Gasteiger partial charge on any atom is -0.376 e. The second kappa shape index (κ2) is 8.32. The van der Waals surface area contributed by atoms with Crippen LogP contribution in [0.5, 0.6) is 0 Å². The number of hydrogen-bond donors (Lipinski definition) is 3. The number of fused-ring (bicyclic) bond motifs is 1. The molecule has 0 bridgehead atoms. The van der Waals surface area contributed by atoms with Crippen LogP contribution in [0.25, 0.3) is 10.9 Å².